The van der Waals surface area contributed by atoms with Crippen molar-refractivity contribution in [1.82, 2.24) is 4.90 Å². The number of carbonyl (C=O) groups is 3. The number of unbranched alkanes of at least 4 members (excludes halogenated alkanes) is 1. The first kappa shape index (κ1) is 19.6. The molecule has 1 aliphatic heterocycles. The van der Waals surface area contributed by atoms with Crippen molar-refractivity contribution in [2.24, 2.45) is 0 Å². The third kappa shape index (κ3) is 3.38. The van der Waals surface area contributed by atoms with Crippen molar-refractivity contribution in [2.75, 3.05) is 20.3 Å². The van der Waals surface area contributed by atoms with E-state index in [-0.39, 0.29) is 18.4 Å². The molecule has 0 aromatic heterocycles. The highest BCUT2D eigenvalue weighted by atomic mass is 16.5. The molecule has 146 valence electrons. The lowest BCUT2D eigenvalue weighted by Gasteiger charge is -2.28. The highest BCUT2D eigenvalue weighted by Crippen LogP contribution is 2.38. The fourth-order valence-electron chi connectivity index (χ4n) is 3.41. The zero-order chi connectivity index (χ0) is 20.3. The van der Waals surface area contributed by atoms with Gasteiger partial charge in [-0.25, -0.2) is 4.79 Å². The van der Waals surface area contributed by atoms with Crippen LogP contribution in [0.15, 0.2) is 30.3 Å². The Morgan fingerprint density at radius 3 is 2.64 bits per heavy atom. The van der Waals surface area contributed by atoms with Gasteiger partial charge in [0.15, 0.2) is 0 Å². The van der Waals surface area contributed by atoms with E-state index in [4.69, 9.17) is 9.47 Å². The van der Waals surface area contributed by atoms with E-state index < -0.39 is 5.97 Å². The molecule has 2 aromatic rings. The summed E-state index contributed by atoms with van der Waals surface area (Å²) in [5.41, 5.74) is 1.39. The molecule has 0 bridgehead atoms. The summed E-state index contributed by atoms with van der Waals surface area (Å²) in [6, 6.07) is 7.03. The topological polar surface area (TPSA) is 72.9 Å². The summed E-state index contributed by atoms with van der Waals surface area (Å²) in [6.07, 6.45) is 4.42. The van der Waals surface area contributed by atoms with Crippen LogP contribution < -0.4 is 4.74 Å². The predicted octanol–water partition coefficient (Wildman–Crippen LogP) is 3.82. The van der Waals surface area contributed by atoms with Gasteiger partial charge in [0, 0.05) is 29.0 Å². The van der Waals surface area contributed by atoms with E-state index in [0.717, 1.165) is 12.8 Å². The quantitative estimate of drug-likeness (QED) is 0.414. The van der Waals surface area contributed by atoms with Crippen LogP contribution in [0.3, 0.4) is 0 Å². The lowest BCUT2D eigenvalue weighted by molar-refractivity contribution is -0.137. The second-order valence-corrected chi connectivity index (χ2v) is 6.47. The van der Waals surface area contributed by atoms with Crippen LogP contribution in [0.2, 0.25) is 0 Å². The van der Waals surface area contributed by atoms with Gasteiger partial charge in [0.1, 0.15) is 5.75 Å². The Bertz CT molecular complexity index is 977. The Morgan fingerprint density at radius 2 is 1.96 bits per heavy atom. The van der Waals surface area contributed by atoms with E-state index in [1.165, 1.54) is 24.2 Å². The van der Waals surface area contributed by atoms with E-state index in [2.05, 4.69) is 0 Å². The van der Waals surface area contributed by atoms with E-state index in [0.29, 0.717) is 39.8 Å². The summed E-state index contributed by atoms with van der Waals surface area (Å²) in [5.74, 6) is -0.616. The maximum absolute atomic E-state index is 13.2. The number of imide groups is 1. The van der Waals surface area contributed by atoms with Crippen molar-refractivity contribution in [3.05, 3.63) is 47.0 Å². The van der Waals surface area contributed by atoms with Gasteiger partial charge < -0.3 is 9.47 Å². The van der Waals surface area contributed by atoms with Crippen LogP contribution in [-0.2, 0) is 9.53 Å². The molecule has 0 saturated carbocycles. The largest absolute Gasteiger partial charge is 0.496 e. The van der Waals surface area contributed by atoms with Gasteiger partial charge in [0.2, 0.25) is 0 Å². The molecular formula is C22H23NO5. The van der Waals surface area contributed by atoms with Crippen LogP contribution >= 0.6 is 0 Å². The minimum atomic E-state index is -0.496. The maximum Gasteiger partial charge on any atom is 0.330 e. The number of rotatable bonds is 7. The highest BCUT2D eigenvalue weighted by Gasteiger charge is 2.34. The first-order valence-electron chi connectivity index (χ1n) is 9.38. The van der Waals surface area contributed by atoms with Crippen molar-refractivity contribution >= 4 is 34.6 Å². The summed E-state index contributed by atoms with van der Waals surface area (Å²) in [7, 11) is 1.53. The molecule has 0 unspecified atom stereocenters. The fourth-order valence-corrected chi connectivity index (χ4v) is 3.41. The predicted molar refractivity (Wildman–Crippen MR) is 106 cm³/mol. The Balaban J connectivity index is 2.24. The summed E-state index contributed by atoms with van der Waals surface area (Å²) < 4.78 is 10.4. The van der Waals surface area contributed by atoms with Crippen molar-refractivity contribution in [1.29, 1.82) is 0 Å². The lowest BCUT2D eigenvalue weighted by atomic mass is 9.89. The molecule has 0 fully saturated rings. The van der Waals surface area contributed by atoms with Crippen LogP contribution in [0.1, 0.15) is 53.0 Å². The number of nitrogens with zero attached hydrogens (tertiary/aromatic N) is 1. The van der Waals surface area contributed by atoms with Gasteiger partial charge in [-0.3, -0.25) is 14.5 Å². The summed E-state index contributed by atoms with van der Waals surface area (Å²) in [5, 5.41) is 1.26. The maximum atomic E-state index is 13.2. The number of carbonyl (C=O) groups excluding carboxylic acids is 3. The second kappa shape index (κ2) is 8.25. The molecule has 0 radical (unpaired) electrons. The van der Waals surface area contributed by atoms with Crippen molar-refractivity contribution < 1.29 is 23.9 Å². The number of hydrogen-bond donors (Lipinski definition) is 0. The molecule has 1 heterocycles. The zero-order valence-electron chi connectivity index (χ0n) is 16.3. The molecule has 1 aliphatic rings. The van der Waals surface area contributed by atoms with Gasteiger partial charge in [-0.05, 0) is 37.1 Å². The molecule has 0 N–H and O–H groups in total. The van der Waals surface area contributed by atoms with Crippen LogP contribution in [-0.4, -0.2) is 42.9 Å². The molecule has 0 aliphatic carbocycles. The molecule has 0 saturated heterocycles. The van der Waals surface area contributed by atoms with Gasteiger partial charge in [-0.2, -0.15) is 0 Å². The van der Waals surface area contributed by atoms with E-state index in [1.54, 1.807) is 25.1 Å². The smallest absolute Gasteiger partial charge is 0.330 e. The number of methoxy groups -OCH3 is 1. The second-order valence-electron chi connectivity index (χ2n) is 6.47. The van der Waals surface area contributed by atoms with Crippen molar-refractivity contribution in [2.45, 2.75) is 26.7 Å². The van der Waals surface area contributed by atoms with Crippen LogP contribution in [0.5, 0.6) is 5.75 Å². The summed E-state index contributed by atoms with van der Waals surface area (Å²) in [6.45, 7) is 4.35. The summed E-state index contributed by atoms with van der Waals surface area (Å²) in [4.78, 5) is 39.2. The average Bonchev–Trinajstić information content (AvgIpc) is 2.70. The normalized spacial score (nSPS) is 13.5. The molecule has 28 heavy (non-hydrogen) atoms. The SMILES string of the molecule is CCCCN1C(=O)c2cccc3c(OC)cc(/C=C/C(=O)OCC)c(c23)C1=O. The van der Waals surface area contributed by atoms with Gasteiger partial charge in [0.05, 0.1) is 19.3 Å². The van der Waals surface area contributed by atoms with Gasteiger partial charge in [-0.15, -0.1) is 0 Å². The van der Waals surface area contributed by atoms with Gasteiger partial charge in [-0.1, -0.05) is 25.5 Å². The number of hydrogen-bond acceptors (Lipinski definition) is 5. The molecule has 0 spiro atoms. The van der Waals surface area contributed by atoms with Crippen LogP contribution in [0, 0.1) is 0 Å². The van der Waals surface area contributed by atoms with Crippen LogP contribution in [0.4, 0.5) is 0 Å². The molecule has 6 nitrogen and oxygen atoms in total. The average molecular weight is 381 g/mol. The minimum Gasteiger partial charge on any atom is -0.496 e. The zero-order valence-corrected chi connectivity index (χ0v) is 16.3. The first-order valence-corrected chi connectivity index (χ1v) is 9.38. The minimum absolute atomic E-state index is 0.263. The van der Waals surface area contributed by atoms with Crippen molar-refractivity contribution in [3.8, 4) is 5.75 Å². The van der Waals surface area contributed by atoms with Gasteiger partial charge >= 0.3 is 5.97 Å². The van der Waals surface area contributed by atoms with Crippen LogP contribution in [0.25, 0.3) is 16.8 Å². The highest BCUT2D eigenvalue weighted by molar-refractivity contribution is 6.27. The molecule has 0 atom stereocenters. The fraction of sp³-hybridized carbons (Fsp3) is 0.318. The first-order chi connectivity index (χ1) is 13.5. The monoisotopic (exact) mass is 381 g/mol. The number of benzene rings is 2. The van der Waals surface area contributed by atoms with Crippen molar-refractivity contribution in [3.63, 3.8) is 0 Å². The Labute approximate surface area is 163 Å². The molecule has 6 heteroatoms. The molecular weight excluding hydrogens is 358 g/mol. The van der Waals surface area contributed by atoms with Gasteiger partial charge in [0.25, 0.3) is 11.8 Å². The number of ether oxygens (including phenoxy) is 2. The molecule has 2 amide bonds. The summed E-state index contributed by atoms with van der Waals surface area (Å²) >= 11 is 0. The number of amides is 2. The Kier molecular flexibility index (Phi) is 5.78. The van der Waals surface area contributed by atoms with E-state index >= 15 is 0 Å². The van der Waals surface area contributed by atoms with E-state index in [1.807, 2.05) is 13.0 Å². The Morgan fingerprint density at radius 1 is 1.18 bits per heavy atom. The lowest BCUT2D eigenvalue weighted by Crippen LogP contribution is -2.41. The Hall–Kier alpha value is -3.15. The number of esters is 1. The standard InChI is InChI=1S/C22H23NO5/c1-4-6-12-23-21(25)16-9-7-8-15-17(27-3)13-14(10-11-18(24)28-5-2)19(20(15)16)22(23)26/h7-11,13H,4-6,12H2,1-3H3/b11-10+. The molecule has 2 aromatic carbocycles. The third-order valence-corrected chi connectivity index (χ3v) is 4.73. The molecule has 3 rings (SSSR count). The third-order valence-electron chi connectivity index (χ3n) is 4.73. The van der Waals surface area contributed by atoms with E-state index in [9.17, 15) is 14.4 Å².